The van der Waals surface area contributed by atoms with Gasteiger partial charge in [0.25, 0.3) is 12.0 Å². The van der Waals surface area contributed by atoms with Gasteiger partial charge < -0.3 is 15.8 Å². The second-order valence-electron chi connectivity index (χ2n) is 2.72. The Hall–Kier alpha value is -1.27. The molecule has 0 aromatic carbocycles. The molecular formula is C8H10F2N2O2. The Labute approximate surface area is 78.4 Å². The number of nitrogens with one attached hydrogen (secondary N) is 1. The van der Waals surface area contributed by atoms with Crippen molar-refractivity contribution in [2.45, 2.75) is 19.6 Å². The molecule has 14 heavy (non-hydrogen) atoms. The third-order valence-corrected chi connectivity index (χ3v) is 1.84. The van der Waals surface area contributed by atoms with Crippen molar-refractivity contribution in [1.29, 1.82) is 0 Å². The molecule has 0 saturated heterocycles. The molecule has 0 radical (unpaired) electrons. The van der Waals surface area contributed by atoms with Crippen LogP contribution < -0.4 is 11.3 Å². The molecule has 4 nitrogen and oxygen atoms in total. The van der Waals surface area contributed by atoms with Gasteiger partial charge in [-0.25, -0.2) is 8.78 Å². The Balaban J connectivity index is 3.36. The largest absolute Gasteiger partial charge is 0.391 e. The van der Waals surface area contributed by atoms with Gasteiger partial charge in [-0.15, -0.1) is 0 Å². The van der Waals surface area contributed by atoms with Crippen LogP contribution in [-0.4, -0.2) is 10.1 Å². The average Bonchev–Trinajstić information content (AvgIpc) is 2.16. The number of hydrogen-bond donors (Lipinski definition) is 3. The van der Waals surface area contributed by atoms with E-state index in [1.165, 1.54) is 0 Å². The number of pyridine rings is 1. The number of H-pyrrole nitrogens is 1. The summed E-state index contributed by atoms with van der Waals surface area (Å²) in [5.41, 5.74) is 3.94. The first-order valence-corrected chi connectivity index (χ1v) is 3.94. The predicted molar refractivity (Wildman–Crippen MR) is 45.8 cm³/mol. The minimum atomic E-state index is -2.79. The number of hydrogen-bond acceptors (Lipinski definition) is 3. The summed E-state index contributed by atoms with van der Waals surface area (Å²) in [5, 5.41) is 8.73. The average molecular weight is 204 g/mol. The minimum Gasteiger partial charge on any atom is -0.391 e. The van der Waals surface area contributed by atoms with Crippen LogP contribution in [0.3, 0.4) is 0 Å². The number of aliphatic hydroxyl groups is 1. The van der Waals surface area contributed by atoms with Crippen LogP contribution in [0.2, 0.25) is 0 Å². The van der Waals surface area contributed by atoms with E-state index in [1.807, 2.05) is 0 Å². The van der Waals surface area contributed by atoms with E-state index < -0.39 is 24.2 Å². The summed E-state index contributed by atoms with van der Waals surface area (Å²) in [6, 6.07) is 1.09. The lowest BCUT2D eigenvalue weighted by atomic mass is 10.1. The zero-order chi connectivity index (χ0) is 10.7. The number of rotatable bonds is 3. The van der Waals surface area contributed by atoms with Crippen LogP contribution in [0.4, 0.5) is 8.78 Å². The minimum absolute atomic E-state index is 0.0271. The second-order valence-corrected chi connectivity index (χ2v) is 2.72. The summed E-state index contributed by atoms with van der Waals surface area (Å²) in [4.78, 5) is 13.4. The van der Waals surface area contributed by atoms with E-state index in [9.17, 15) is 13.6 Å². The summed E-state index contributed by atoms with van der Waals surface area (Å²) >= 11 is 0. The van der Waals surface area contributed by atoms with E-state index >= 15 is 0 Å². The highest BCUT2D eigenvalue weighted by Crippen LogP contribution is 2.21. The molecule has 1 heterocycles. The number of aliphatic hydroxyl groups excluding tert-OH is 1. The number of aromatic nitrogens is 1. The van der Waals surface area contributed by atoms with Crippen LogP contribution in [0.5, 0.6) is 0 Å². The van der Waals surface area contributed by atoms with Gasteiger partial charge in [0.05, 0.1) is 12.2 Å². The molecule has 1 rings (SSSR count). The molecule has 1 aromatic rings. The van der Waals surface area contributed by atoms with Crippen molar-refractivity contribution in [3.05, 3.63) is 33.2 Å². The van der Waals surface area contributed by atoms with Gasteiger partial charge in [-0.1, -0.05) is 0 Å². The summed E-state index contributed by atoms with van der Waals surface area (Å²) in [6.45, 7) is -0.736. The molecule has 0 aliphatic heterocycles. The molecule has 0 amide bonds. The Bertz CT molecular complexity index is 376. The van der Waals surface area contributed by atoms with Crippen LogP contribution in [-0.2, 0) is 13.2 Å². The van der Waals surface area contributed by atoms with Crippen molar-refractivity contribution < 1.29 is 13.9 Å². The maximum absolute atomic E-state index is 12.4. The SMILES string of the molecule is NCc1cc(C(F)F)c(CO)c(=O)[nH]1. The summed E-state index contributed by atoms with van der Waals surface area (Å²) in [5.74, 6) is 0. The van der Waals surface area contributed by atoms with Crippen LogP contribution in [0.25, 0.3) is 0 Å². The molecule has 0 fully saturated rings. The summed E-state index contributed by atoms with van der Waals surface area (Å²) in [7, 11) is 0. The first-order chi connectivity index (χ1) is 6.60. The van der Waals surface area contributed by atoms with Crippen molar-refractivity contribution in [3.63, 3.8) is 0 Å². The normalized spacial score (nSPS) is 10.9. The van der Waals surface area contributed by atoms with Gasteiger partial charge in [0.2, 0.25) is 0 Å². The zero-order valence-electron chi connectivity index (χ0n) is 7.26. The van der Waals surface area contributed by atoms with Crippen LogP contribution in [0, 0.1) is 0 Å². The monoisotopic (exact) mass is 204 g/mol. The smallest absolute Gasteiger partial charge is 0.264 e. The van der Waals surface area contributed by atoms with Gasteiger partial charge in [-0.05, 0) is 6.07 Å². The van der Waals surface area contributed by atoms with Gasteiger partial charge in [0, 0.05) is 17.8 Å². The molecule has 4 N–H and O–H groups in total. The lowest BCUT2D eigenvalue weighted by Gasteiger charge is -2.07. The van der Waals surface area contributed by atoms with Crippen molar-refractivity contribution in [2.24, 2.45) is 5.73 Å². The molecular weight excluding hydrogens is 194 g/mol. The number of halogens is 2. The fourth-order valence-corrected chi connectivity index (χ4v) is 1.13. The second kappa shape index (κ2) is 4.30. The third kappa shape index (κ3) is 1.97. The van der Waals surface area contributed by atoms with Crippen LogP contribution in [0.1, 0.15) is 23.2 Å². The highest BCUT2D eigenvalue weighted by molar-refractivity contribution is 5.27. The van der Waals surface area contributed by atoms with Crippen molar-refractivity contribution >= 4 is 0 Å². The Morgan fingerprint density at radius 2 is 2.21 bits per heavy atom. The Morgan fingerprint density at radius 1 is 1.57 bits per heavy atom. The molecule has 6 heteroatoms. The zero-order valence-corrected chi connectivity index (χ0v) is 7.26. The van der Waals surface area contributed by atoms with Gasteiger partial charge in [0.15, 0.2) is 0 Å². The van der Waals surface area contributed by atoms with Crippen molar-refractivity contribution in [1.82, 2.24) is 4.98 Å². The predicted octanol–water partition coefficient (Wildman–Crippen LogP) is 0.264. The number of nitrogens with two attached hydrogens (primary N) is 1. The standard InChI is InChI=1S/C8H10F2N2O2/c9-7(10)5-1-4(2-11)12-8(14)6(5)3-13/h1,7,13H,2-3,11H2,(H,12,14). The van der Waals surface area contributed by atoms with Crippen LogP contribution in [0.15, 0.2) is 10.9 Å². The van der Waals surface area contributed by atoms with Gasteiger partial charge >= 0.3 is 0 Å². The van der Waals surface area contributed by atoms with E-state index in [-0.39, 0.29) is 17.8 Å². The summed E-state index contributed by atoms with van der Waals surface area (Å²) in [6.07, 6.45) is -2.79. The van der Waals surface area contributed by atoms with Crippen molar-refractivity contribution in [2.75, 3.05) is 0 Å². The molecule has 0 unspecified atom stereocenters. The van der Waals surface area contributed by atoms with E-state index in [4.69, 9.17) is 10.8 Å². The molecule has 78 valence electrons. The maximum atomic E-state index is 12.4. The van der Waals surface area contributed by atoms with Gasteiger partial charge in [-0.3, -0.25) is 4.79 Å². The molecule has 0 aliphatic carbocycles. The molecule has 0 spiro atoms. The maximum Gasteiger partial charge on any atom is 0.264 e. The first kappa shape index (κ1) is 10.8. The lowest BCUT2D eigenvalue weighted by molar-refractivity contribution is 0.146. The van der Waals surface area contributed by atoms with E-state index in [1.54, 1.807) is 0 Å². The molecule has 0 bridgehead atoms. The quantitative estimate of drug-likeness (QED) is 0.660. The van der Waals surface area contributed by atoms with Gasteiger partial charge in [0.1, 0.15) is 0 Å². The fraction of sp³-hybridized carbons (Fsp3) is 0.375. The highest BCUT2D eigenvalue weighted by Gasteiger charge is 2.16. The van der Waals surface area contributed by atoms with Gasteiger partial charge in [-0.2, -0.15) is 0 Å². The topological polar surface area (TPSA) is 79.1 Å². The lowest BCUT2D eigenvalue weighted by Crippen LogP contribution is -2.19. The molecule has 1 aromatic heterocycles. The molecule has 0 aliphatic rings. The first-order valence-electron chi connectivity index (χ1n) is 3.94. The Morgan fingerprint density at radius 3 is 2.64 bits per heavy atom. The van der Waals surface area contributed by atoms with Crippen LogP contribution >= 0.6 is 0 Å². The Kier molecular flexibility index (Phi) is 3.32. The molecule has 0 atom stereocenters. The summed E-state index contributed by atoms with van der Waals surface area (Å²) < 4.78 is 24.8. The van der Waals surface area contributed by atoms with Crippen molar-refractivity contribution in [3.8, 4) is 0 Å². The molecule has 0 saturated carbocycles. The van der Waals surface area contributed by atoms with E-state index in [0.717, 1.165) is 6.07 Å². The highest BCUT2D eigenvalue weighted by atomic mass is 19.3. The number of aromatic amines is 1. The fourth-order valence-electron chi connectivity index (χ4n) is 1.13. The third-order valence-electron chi connectivity index (χ3n) is 1.84. The van der Waals surface area contributed by atoms with E-state index in [0.29, 0.717) is 0 Å². The van der Waals surface area contributed by atoms with E-state index in [2.05, 4.69) is 4.98 Å². The number of alkyl halides is 2.